The maximum atomic E-state index is 12.7. The van der Waals surface area contributed by atoms with Crippen LogP contribution in [0.15, 0.2) is 34.1 Å². The van der Waals surface area contributed by atoms with Gasteiger partial charge in [0.15, 0.2) is 0 Å². The monoisotopic (exact) mass is 481 g/mol. The third-order valence-electron chi connectivity index (χ3n) is 6.46. The van der Waals surface area contributed by atoms with Gasteiger partial charge in [-0.2, -0.15) is 18.3 Å². The summed E-state index contributed by atoms with van der Waals surface area (Å²) in [6.07, 6.45) is 1.50. The molecule has 182 valence electrons. The number of aliphatic carboxylic acids is 1. The van der Waals surface area contributed by atoms with Crippen LogP contribution in [0, 0.1) is 11.8 Å². The van der Waals surface area contributed by atoms with Gasteiger partial charge in [0.25, 0.3) is 5.91 Å². The van der Waals surface area contributed by atoms with Crippen molar-refractivity contribution in [2.24, 2.45) is 11.8 Å². The minimum absolute atomic E-state index is 0.0109. The number of carbonyl (C=O) groups excluding carboxylic acids is 1. The number of carboxylic acid groups (broad SMARTS) is 1. The normalized spacial score (nSPS) is 21.2. The summed E-state index contributed by atoms with van der Waals surface area (Å²) < 4.78 is 34.6. The average molecular weight is 481 g/mol. The number of hydrogen-bond donors (Lipinski definition) is 1. The second kappa shape index (κ2) is 9.03. The highest BCUT2D eigenvalue weighted by molar-refractivity contribution is 5.94. The summed E-state index contributed by atoms with van der Waals surface area (Å²) in [6, 6.07) is 3.42. The van der Waals surface area contributed by atoms with E-state index in [4.69, 9.17) is 9.90 Å². The van der Waals surface area contributed by atoms with Crippen molar-refractivity contribution in [2.45, 2.75) is 44.4 Å². The first-order chi connectivity index (χ1) is 16.1. The Hall–Kier alpha value is -3.51. The number of fused-ring (bicyclic) bond motifs is 3. The second-order valence-electron chi connectivity index (χ2n) is 8.67. The lowest BCUT2D eigenvalue weighted by Gasteiger charge is -2.25. The molecule has 2 fully saturated rings. The number of nitrogens with zero attached hydrogens (tertiary/aromatic N) is 5. The molecule has 2 aliphatic heterocycles. The van der Waals surface area contributed by atoms with E-state index in [0.29, 0.717) is 43.5 Å². The summed E-state index contributed by atoms with van der Waals surface area (Å²) in [5.74, 6) is -1.53. The number of pyridine rings is 1. The fourth-order valence-corrected chi connectivity index (χ4v) is 4.47. The van der Waals surface area contributed by atoms with Gasteiger partial charge in [-0.15, -0.1) is 0 Å². The van der Waals surface area contributed by atoms with Crippen molar-refractivity contribution in [1.29, 1.82) is 0 Å². The Labute approximate surface area is 190 Å². The van der Waals surface area contributed by atoms with Crippen molar-refractivity contribution in [3.05, 3.63) is 56.6 Å². The average Bonchev–Trinajstić information content (AvgIpc) is 3.32. The molecular weight excluding hydrogens is 459 g/mol. The van der Waals surface area contributed by atoms with Crippen LogP contribution in [0.1, 0.15) is 41.4 Å². The van der Waals surface area contributed by atoms with Crippen LogP contribution in [0.2, 0.25) is 0 Å². The highest BCUT2D eigenvalue weighted by Crippen LogP contribution is 2.37. The topological polar surface area (TPSA) is 127 Å². The number of hydrogen-bond acceptors (Lipinski definition) is 6. The lowest BCUT2D eigenvalue weighted by molar-refractivity contribution is -0.192. The van der Waals surface area contributed by atoms with Gasteiger partial charge >= 0.3 is 23.3 Å². The van der Waals surface area contributed by atoms with Gasteiger partial charge in [-0.1, -0.05) is 6.42 Å². The molecule has 2 atom stereocenters. The Bertz CT molecular complexity index is 1210. The minimum Gasteiger partial charge on any atom is -0.475 e. The highest BCUT2D eigenvalue weighted by Gasteiger charge is 2.44. The number of alkyl halides is 3. The Kier molecular flexibility index (Phi) is 6.28. The number of carbonyl (C=O) groups is 2. The standard InChI is InChI=1S/C19H21N5O3.C2HF3O2/c25-17(13-4-6-20-7-5-13)22-9-14-10-23-16(15(14)11-22)21-24(19(27)18(23)26)8-12-2-1-3-12;3-2(4,5)1(6)7/h4-7,12,14-15H,1-3,8-11H2;(H,6,7). The molecule has 5 rings (SSSR count). The van der Waals surface area contributed by atoms with Gasteiger partial charge in [-0.25, -0.2) is 9.48 Å². The first-order valence-corrected chi connectivity index (χ1v) is 10.8. The summed E-state index contributed by atoms with van der Waals surface area (Å²) >= 11 is 0. The smallest absolute Gasteiger partial charge is 0.475 e. The van der Waals surface area contributed by atoms with Gasteiger partial charge in [0.05, 0.1) is 0 Å². The lowest BCUT2D eigenvalue weighted by atomic mass is 9.85. The predicted molar refractivity (Wildman–Crippen MR) is 110 cm³/mol. The first kappa shape index (κ1) is 23.6. The third kappa shape index (κ3) is 4.59. The molecule has 10 nitrogen and oxygen atoms in total. The molecule has 1 amide bonds. The molecule has 0 aromatic carbocycles. The van der Waals surface area contributed by atoms with E-state index in [9.17, 15) is 27.6 Å². The number of halogens is 3. The van der Waals surface area contributed by atoms with Crippen molar-refractivity contribution in [2.75, 3.05) is 13.1 Å². The van der Waals surface area contributed by atoms with Crippen LogP contribution in [0.5, 0.6) is 0 Å². The molecule has 0 spiro atoms. The molecule has 1 saturated carbocycles. The summed E-state index contributed by atoms with van der Waals surface area (Å²) in [7, 11) is 0. The molecular formula is C21H22F3N5O5. The molecule has 0 radical (unpaired) electrons. The summed E-state index contributed by atoms with van der Waals surface area (Å²) in [6.45, 7) is 2.09. The number of rotatable bonds is 3. The van der Waals surface area contributed by atoms with E-state index in [-0.39, 0.29) is 17.7 Å². The van der Waals surface area contributed by atoms with Crippen LogP contribution in [-0.4, -0.2) is 60.5 Å². The quantitative estimate of drug-likeness (QED) is 0.651. The fourth-order valence-electron chi connectivity index (χ4n) is 4.47. The summed E-state index contributed by atoms with van der Waals surface area (Å²) in [5, 5.41) is 11.7. The van der Waals surface area contributed by atoms with E-state index in [1.54, 1.807) is 24.5 Å². The second-order valence-corrected chi connectivity index (χ2v) is 8.67. The number of carboxylic acids is 1. The molecule has 34 heavy (non-hydrogen) atoms. The van der Waals surface area contributed by atoms with Crippen LogP contribution >= 0.6 is 0 Å². The number of amides is 1. The van der Waals surface area contributed by atoms with Gasteiger partial charge in [0.1, 0.15) is 5.82 Å². The van der Waals surface area contributed by atoms with Crippen molar-refractivity contribution in [3.8, 4) is 0 Å². The SMILES string of the molecule is O=C(O)C(F)(F)F.O=C(c1ccncc1)N1CC2Cn3c(nn(CC4CCC4)c(=O)c3=O)C2C1. The Balaban J connectivity index is 0.000000344. The molecule has 1 saturated heterocycles. The van der Waals surface area contributed by atoms with E-state index in [0.717, 1.165) is 12.8 Å². The van der Waals surface area contributed by atoms with Crippen LogP contribution in [0.3, 0.4) is 0 Å². The van der Waals surface area contributed by atoms with Gasteiger partial charge in [-0.3, -0.25) is 23.9 Å². The van der Waals surface area contributed by atoms with Crippen LogP contribution < -0.4 is 11.1 Å². The molecule has 4 heterocycles. The third-order valence-corrected chi connectivity index (χ3v) is 6.46. The highest BCUT2D eigenvalue weighted by atomic mass is 19.4. The van der Waals surface area contributed by atoms with Crippen molar-refractivity contribution < 1.29 is 27.9 Å². The van der Waals surface area contributed by atoms with Gasteiger partial charge in [0.2, 0.25) is 0 Å². The minimum atomic E-state index is -5.08. The zero-order valence-corrected chi connectivity index (χ0v) is 17.9. The maximum absolute atomic E-state index is 12.7. The van der Waals surface area contributed by atoms with Crippen LogP contribution in [0.4, 0.5) is 13.2 Å². The van der Waals surface area contributed by atoms with E-state index in [1.807, 2.05) is 4.90 Å². The zero-order valence-electron chi connectivity index (χ0n) is 17.9. The molecule has 2 aromatic heterocycles. The maximum Gasteiger partial charge on any atom is 0.490 e. The Morgan fingerprint density at radius 2 is 1.71 bits per heavy atom. The summed E-state index contributed by atoms with van der Waals surface area (Å²) in [5.41, 5.74) is -0.374. The van der Waals surface area contributed by atoms with Gasteiger partial charge < -0.3 is 10.0 Å². The molecule has 2 unspecified atom stereocenters. The van der Waals surface area contributed by atoms with E-state index in [1.165, 1.54) is 15.7 Å². The molecule has 2 aromatic rings. The number of aromatic nitrogens is 4. The molecule has 3 aliphatic rings. The summed E-state index contributed by atoms with van der Waals surface area (Å²) in [4.78, 5) is 52.3. The van der Waals surface area contributed by atoms with Gasteiger partial charge in [0, 0.05) is 56.0 Å². The van der Waals surface area contributed by atoms with E-state index < -0.39 is 23.3 Å². The first-order valence-electron chi connectivity index (χ1n) is 10.8. The zero-order chi connectivity index (χ0) is 24.6. The molecule has 0 bridgehead atoms. The van der Waals surface area contributed by atoms with Crippen molar-refractivity contribution in [1.82, 2.24) is 24.2 Å². The Morgan fingerprint density at radius 3 is 2.26 bits per heavy atom. The lowest BCUT2D eigenvalue weighted by Crippen LogP contribution is -2.45. The van der Waals surface area contributed by atoms with Crippen LogP contribution in [-0.2, 0) is 17.9 Å². The molecule has 13 heteroatoms. The molecule has 1 aliphatic carbocycles. The largest absolute Gasteiger partial charge is 0.490 e. The van der Waals surface area contributed by atoms with Crippen molar-refractivity contribution in [3.63, 3.8) is 0 Å². The van der Waals surface area contributed by atoms with E-state index in [2.05, 4.69) is 10.1 Å². The van der Waals surface area contributed by atoms with Crippen LogP contribution in [0.25, 0.3) is 0 Å². The van der Waals surface area contributed by atoms with Gasteiger partial charge in [-0.05, 0) is 30.9 Å². The fraction of sp³-hybridized carbons (Fsp3) is 0.524. The van der Waals surface area contributed by atoms with E-state index >= 15 is 0 Å². The number of likely N-dealkylation sites (tertiary alicyclic amines) is 1. The molecule has 1 N–H and O–H groups in total. The Morgan fingerprint density at radius 1 is 1.06 bits per heavy atom. The van der Waals surface area contributed by atoms with Crippen molar-refractivity contribution >= 4 is 11.9 Å². The predicted octanol–water partition coefficient (Wildman–Crippen LogP) is 1.10.